The molecule has 2 aromatic rings. The van der Waals surface area contributed by atoms with Crippen LogP contribution in [0.5, 0.6) is 0 Å². The van der Waals surface area contributed by atoms with Crippen LogP contribution in [0, 0.1) is 11.8 Å². The average Bonchev–Trinajstić information content (AvgIpc) is 2.82. The van der Waals surface area contributed by atoms with Crippen molar-refractivity contribution in [1.29, 1.82) is 0 Å². The molecule has 0 spiro atoms. The van der Waals surface area contributed by atoms with Crippen molar-refractivity contribution in [2.45, 2.75) is 4.90 Å². The van der Waals surface area contributed by atoms with Crippen LogP contribution in [0.4, 0.5) is 5.95 Å². The van der Waals surface area contributed by atoms with Gasteiger partial charge in [-0.2, -0.15) is 10.1 Å². The van der Waals surface area contributed by atoms with E-state index in [4.69, 9.17) is 5.73 Å². The van der Waals surface area contributed by atoms with E-state index in [1.165, 1.54) is 23.1 Å². The second-order valence-corrected chi connectivity index (χ2v) is 5.53. The lowest BCUT2D eigenvalue weighted by Gasteiger charge is -2.06. The maximum atomic E-state index is 12.2. The quantitative estimate of drug-likeness (QED) is 0.770. The molecule has 0 aliphatic heterocycles. The molecule has 3 N–H and O–H groups in total. The molecule has 8 heteroatoms. The minimum atomic E-state index is -3.73. The zero-order valence-corrected chi connectivity index (χ0v) is 11.6. The molecule has 2 rings (SSSR count). The maximum Gasteiger partial charge on any atom is 0.264 e. The monoisotopic (exact) mass is 291 g/mol. The summed E-state index contributed by atoms with van der Waals surface area (Å²) >= 11 is 0. The Hall–Kier alpha value is -2.37. The lowest BCUT2D eigenvalue weighted by molar-refractivity contribution is 0.600. The normalized spacial score (nSPS) is 10.7. The molecule has 0 atom stereocenters. The second-order valence-electron chi connectivity index (χ2n) is 3.85. The summed E-state index contributed by atoms with van der Waals surface area (Å²) in [6.45, 7) is 0.216. The first-order valence-electron chi connectivity index (χ1n) is 5.69. The van der Waals surface area contributed by atoms with Gasteiger partial charge in [0.15, 0.2) is 0 Å². The summed E-state index contributed by atoms with van der Waals surface area (Å²) in [4.78, 5) is 3.92. The molecule has 0 bridgehead atoms. The van der Waals surface area contributed by atoms with Crippen molar-refractivity contribution in [3.8, 4) is 11.8 Å². The lowest BCUT2D eigenvalue weighted by atomic mass is 10.2. The summed E-state index contributed by atoms with van der Waals surface area (Å²) in [5, 5.41) is 3.79. The number of nitrogens with zero attached hydrogens (tertiary/aromatic N) is 3. The third kappa shape index (κ3) is 3.14. The van der Waals surface area contributed by atoms with Crippen LogP contribution in [0.1, 0.15) is 5.56 Å². The summed E-state index contributed by atoms with van der Waals surface area (Å²) in [7, 11) is -2.13. The number of aromatic nitrogens is 3. The van der Waals surface area contributed by atoms with Gasteiger partial charge >= 0.3 is 0 Å². The number of sulfonamides is 1. The molecule has 20 heavy (non-hydrogen) atoms. The van der Waals surface area contributed by atoms with E-state index in [0.717, 1.165) is 0 Å². The van der Waals surface area contributed by atoms with E-state index in [1.807, 2.05) is 0 Å². The first-order chi connectivity index (χ1) is 9.53. The molecule has 1 heterocycles. The van der Waals surface area contributed by atoms with Crippen LogP contribution in [0.3, 0.4) is 0 Å². The summed E-state index contributed by atoms with van der Waals surface area (Å²) in [6.07, 6.45) is 1.26. The Morgan fingerprint density at radius 3 is 2.90 bits per heavy atom. The predicted molar refractivity (Wildman–Crippen MR) is 74.2 cm³/mol. The smallest absolute Gasteiger partial charge is 0.264 e. The van der Waals surface area contributed by atoms with Crippen LogP contribution in [-0.4, -0.2) is 29.7 Å². The van der Waals surface area contributed by atoms with E-state index < -0.39 is 10.0 Å². The number of nitrogens with two attached hydrogens (primary N) is 1. The summed E-state index contributed by atoms with van der Waals surface area (Å²) in [6, 6.07) is 6.28. The van der Waals surface area contributed by atoms with Gasteiger partial charge in [-0.05, 0) is 18.2 Å². The Bertz CT molecular complexity index is 770. The van der Waals surface area contributed by atoms with Gasteiger partial charge in [0.1, 0.15) is 6.33 Å². The van der Waals surface area contributed by atoms with Gasteiger partial charge in [0.25, 0.3) is 10.0 Å². The molecule has 0 unspecified atom stereocenters. The average molecular weight is 291 g/mol. The van der Waals surface area contributed by atoms with Crippen molar-refractivity contribution in [3.05, 3.63) is 36.2 Å². The molecule has 0 radical (unpaired) electrons. The van der Waals surface area contributed by atoms with E-state index in [0.29, 0.717) is 5.56 Å². The van der Waals surface area contributed by atoms with E-state index in [-0.39, 0.29) is 17.4 Å². The molecule has 0 fully saturated rings. The highest BCUT2D eigenvalue weighted by Gasteiger charge is 2.16. The SMILES string of the molecule is Cn1ncnc1NS(=O)(=O)c1cccc(C#CCN)c1. The fourth-order valence-electron chi connectivity index (χ4n) is 1.46. The van der Waals surface area contributed by atoms with Crippen LogP contribution < -0.4 is 10.5 Å². The number of anilines is 1. The van der Waals surface area contributed by atoms with Gasteiger partial charge in [-0.1, -0.05) is 17.9 Å². The lowest BCUT2D eigenvalue weighted by Crippen LogP contribution is -2.16. The zero-order valence-electron chi connectivity index (χ0n) is 10.7. The molecule has 104 valence electrons. The molecule has 0 aliphatic rings. The number of rotatable bonds is 3. The van der Waals surface area contributed by atoms with Gasteiger partial charge in [0.2, 0.25) is 5.95 Å². The fourth-order valence-corrected chi connectivity index (χ4v) is 2.54. The number of benzene rings is 1. The summed E-state index contributed by atoms with van der Waals surface area (Å²) in [5.41, 5.74) is 5.86. The van der Waals surface area contributed by atoms with Crippen molar-refractivity contribution in [2.24, 2.45) is 12.8 Å². The Labute approximate surface area is 116 Å². The summed E-state index contributed by atoms with van der Waals surface area (Å²) < 4.78 is 28.1. The highest BCUT2D eigenvalue weighted by Crippen LogP contribution is 2.14. The van der Waals surface area contributed by atoms with Crippen molar-refractivity contribution < 1.29 is 8.42 Å². The molecule has 1 aromatic heterocycles. The van der Waals surface area contributed by atoms with Crippen LogP contribution in [0.25, 0.3) is 0 Å². The molecule has 0 saturated heterocycles. The van der Waals surface area contributed by atoms with Crippen molar-refractivity contribution in [1.82, 2.24) is 14.8 Å². The minimum absolute atomic E-state index is 0.101. The predicted octanol–water partition coefficient (Wildman–Crippen LogP) is -0.0739. The maximum absolute atomic E-state index is 12.2. The first-order valence-corrected chi connectivity index (χ1v) is 7.17. The molecule has 1 aromatic carbocycles. The largest absolute Gasteiger partial charge is 0.320 e. The molecular formula is C12H13N5O2S. The number of nitrogens with one attached hydrogen (secondary N) is 1. The Balaban J connectivity index is 2.32. The van der Waals surface area contributed by atoms with E-state index in [2.05, 4.69) is 26.6 Å². The number of hydrogen-bond donors (Lipinski definition) is 2. The Kier molecular flexibility index (Phi) is 4.02. The fraction of sp³-hybridized carbons (Fsp3) is 0.167. The van der Waals surface area contributed by atoms with Gasteiger partial charge in [-0.3, -0.25) is 0 Å². The highest BCUT2D eigenvalue weighted by molar-refractivity contribution is 7.92. The van der Waals surface area contributed by atoms with Crippen molar-refractivity contribution in [3.63, 3.8) is 0 Å². The van der Waals surface area contributed by atoms with Crippen LogP contribution in [-0.2, 0) is 17.1 Å². The molecule has 0 saturated carbocycles. The van der Waals surface area contributed by atoms with E-state index in [1.54, 1.807) is 19.2 Å². The van der Waals surface area contributed by atoms with Gasteiger partial charge < -0.3 is 5.73 Å². The van der Waals surface area contributed by atoms with Gasteiger partial charge in [0.05, 0.1) is 11.4 Å². The molecule has 0 aliphatic carbocycles. The van der Waals surface area contributed by atoms with Crippen LogP contribution in [0.2, 0.25) is 0 Å². The molecular weight excluding hydrogens is 278 g/mol. The number of aryl methyl sites for hydroxylation is 1. The van der Waals surface area contributed by atoms with Gasteiger partial charge in [-0.15, -0.1) is 0 Å². The van der Waals surface area contributed by atoms with Crippen molar-refractivity contribution in [2.75, 3.05) is 11.3 Å². The van der Waals surface area contributed by atoms with Crippen LogP contribution >= 0.6 is 0 Å². The van der Waals surface area contributed by atoms with E-state index in [9.17, 15) is 8.42 Å². The second kappa shape index (κ2) is 5.73. The summed E-state index contributed by atoms with van der Waals surface area (Å²) in [5.74, 6) is 5.60. The van der Waals surface area contributed by atoms with Crippen molar-refractivity contribution >= 4 is 16.0 Å². The van der Waals surface area contributed by atoms with Crippen LogP contribution in [0.15, 0.2) is 35.5 Å². The molecule has 0 amide bonds. The van der Waals surface area contributed by atoms with Gasteiger partial charge in [-0.25, -0.2) is 17.8 Å². The third-order valence-electron chi connectivity index (χ3n) is 2.42. The minimum Gasteiger partial charge on any atom is -0.320 e. The highest BCUT2D eigenvalue weighted by atomic mass is 32.2. The zero-order chi connectivity index (χ0) is 14.6. The first kappa shape index (κ1) is 14.0. The topological polar surface area (TPSA) is 103 Å². The molecule has 7 nitrogen and oxygen atoms in total. The van der Waals surface area contributed by atoms with Gasteiger partial charge in [0, 0.05) is 12.6 Å². The van der Waals surface area contributed by atoms with E-state index >= 15 is 0 Å². The Morgan fingerprint density at radius 2 is 2.25 bits per heavy atom. The standard InChI is InChI=1S/C12H13N5O2S/c1-17-12(14-9-15-17)16-20(18,19)11-6-2-4-10(8-11)5-3-7-13/h2,4,6,8-9H,7,13H2,1H3,(H,14,15,16). The Morgan fingerprint density at radius 1 is 1.45 bits per heavy atom. The third-order valence-corrected chi connectivity index (χ3v) is 3.74. The number of hydrogen-bond acceptors (Lipinski definition) is 5.